The third kappa shape index (κ3) is 11.0. The van der Waals surface area contributed by atoms with Crippen LogP contribution >= 0.6 is 20.2 Å². The topological polar surface area (TPSA) is 31.2 Å². The summed E-state index contributed by atoms with van der Waals surface area (Å²) in [6, 6.07) is 31.3. The van der Waals surface area contributed by atoms with E-state index >= 15 is 0 Å². The zero-order valence-electron chi connectivity index (χ0n) is 34.8. The molecule has 0 spiro atoms. The van der Waals surface area contributed by atoms with Crippen molar-refractivity contribution in [1.29, 1.82) is 0 Å². The van der Waals surface area contributed by atoms with Gasteiger partial charge in [0.25, 0.3) is 0 Å². The average molecular weight is 838 g/mol. The fourth-order valence-electron chi connectivity index (χ4n) is 9.18. The Kier molecular flexibility index (Phi) is 16.0. The normalized spacial score (nSPS) is 17.1. The molecular weight excluding hydrogens is 769 g/mol. The van der Waals surface area contributed by atoms with Gasteiger partial charge in [-0.2, -0.15) is 0 Å². The zero-order valence-corrected chi connectivity index (χ0v) is 38.5. The second-order valence-corrected chi connectivity index (χ2v) is 36.8. The summed E-state index contributed by atoms with van der Waals surface area (Å²) in [5.41, 5.74) is 2.82. The number of rotatable bonds is 22. The van der Waals surface area contributed by atoms with E-state index in [2.05, 4.69) is 156 Å². The first-order valence-electron chi connectivity index (χ1n) is 21.7. The van der Waals surface area contributed by atoms with Crippen molar-refractivity contribution in [1.82, 2.24) is 9.80 Å². The van der Waals surface area contributed by atoms with Gasteiger partial charge in [0.2, 0.25) is 0 Å². The minimum atomic E-state index is -2.45. The van der Waals surface area contributed by atoms with Crippen LogP contribution in [-0.2, 0) is 0 Å². The predicted molar refractivity (Wildman–Crippen MR) is 250 cm³/mol. The molecule has 6 rings (SSSR count). The number of aliphatic imine (C=N–C) groups is 2. The fraction of sp³-hybridized carbons (Fsp3) is 0.542. The molecule has 0 saturated carbocycles. The Bertz CT molecular complexity index is 1730. The van der Waals surface area contributed by atoms with Gasteiger partial charge in [-0.25, -0.2) is 0 Å². The third-order valence-electron chi connectivity index (χ3n) is 11.9. The molecule has 7 heteroatoms. The molecule has 0 saturated heterocycles. The maximum atomic E-state index is 5.18. The molecule has 2 aliphatic heterocycles. The molecule has 0 bridgehead atoms. The molecule has 0 fully saturated rings. The number of fused-ring (bicyclic) bond motifs is 2. The van der Waals surface area contributed by atoms with E-state index < -0.39 is 11.0 Å². The Morgan fingerprint density at radius 1 is 0.545 bits per heavy atom. The molecule has 4 nitrogen and oxygen atoms in total. The molecule has 55 heavy (non-hydrogen) atoms. The van der Waals surface area contributed by atoms with E-state index in [1.807, 2.05) is 0 Å². The van der Waals surface area contributed by atoms with Crippen LogP contribution in [0.4, 0.5) is 0 Å². The Labute approximate surface area is 343 Å². The molecule has 4 unspecified atom stereocenters. The molecule has 0 aromatic heterocycles. The van der Waals surface area contributed by atoms with E-state index in [9.17, 15) is 0 Å². The van der Waals surface area contributed by atoms with Crippen LogP contribution in [0.1, 0.15) is 116 Å². The third-order valence-corrected chi connectivity index (χ3v) is 36.3. The molecule has 0 amide bonds. The van der Waals surface area contributed by atoms with E-state index in [1.54, 1.807) is 0 Å². The van der Waals surface area contributed by atoms with Gasteiger partial charge in [0.15, 0.2) is 0 Å². The van der Waals surface area contributed by atoms with E-state index in [0.717, 1.165) is 39.3 Å². The first-order chi connectivity index (χ1) is 26.8. The van der Waals surface area contributed by atoms with Crippen LogP contribution in [0, 0.1) is 0 Å². The number of unbranched alkanes of at least 4 members (excludes halogenated alkanes) is 6. The van der Waals surface area contributed by atoms with E-state index in [-0.39, 0.29) is 0 Å². The molecule has 296 valence electrons. The van der Waals surface area contributed by atoms with Gasteiger partial charge in [0.05, 0.1) is 0 Å². The fourth-order valence-corrected chi connectivity index (χ4v) is 38.0. The van der Waals surface area contributed by atoms with Crippen molar-refractivity contribution < 1.29 is 0 Å². The van der Waals surface area contributed by atoms with Gasteiger partial charge in [-0.1, -0.05) is 0 Å². The number of hydrogen-bond acceptors (Lipinski definition) is 6. The molecular formula is C48H68GeN4S2. The summed E-state index contributed by atoms with van der Waals surface area (Å²) in [6.45, 7) is 20.8. The van der Waals surface area contributed by atoms with Gasteiger partial charge < -0.3 is 0 Å². The molecule has 0 N–H and O–H groups in total. The average Bonchev–Trinajstić information content (AvgIpc) is 3.86. The molecule has 4 aromatic rings. The van der Waals surface area contributed by atoms with Crippen LogP contribution < -0.4 is 0 Å². The minimum absolute atomic E-state index is 0.294. The zero-order chi connectivity index (χ0) is 38.6. The Balaban J connectivity index is 1.18. The molecule has 4 aromatic carbocycles. The van der Waals surface area contributed by atoms with Gasteiger partial charge in [-0.15, -0.1) is 0 Å². The van der Waals surface area contributed by atoms with Crippen LogP contribution in [0.5, 0.6) is 0 Å². The van der Waals surface area contributed by atoms with Crippen molar-refractivity contribution in [2.45, 2.75) is 126 Å². The second kappa shape index (κ2) is 20.8. The summed E-state index contributed by atoms with van der Waals surface area (Å²) in [5, 5.41) is 9.54. The van der Waals surface area contributed by atoms with Crippen molar-refractivity contribution in [2.24, 2.45) is 9.98 Å². The number of hydrogen-bond donors (Lipinski definition) is 0. The SMILES string of the molecule is CCCCC[CH2][Ge]([CH2]CCCCC)([S]C(C)CN1CCN=C1C(C)c1cccc2ccccc12)[S]C(C)CN1CCN=C1C(C)c1cccc2ccccc12. The summed E-state index contributed by atoms with van der Waals surface area (Å²) in [7, 11) is 2.55. The monoisotopic (exact) mass is 838 g/mol. The van der Waals surface area contributed by atoms with Crippen molar-refractivity contribution >= 4 is 64.4 Å². The molecule has 4 atom stereocenters. The van der Waals surface area contributed by atoms with Gasteiger partial charge >= 0.3 is 345 Å². The Hall–Kier alpha value is -2.42. The summed E-state index contributed by atoms with van der Waals surface area (Å²) in [6.07, 6.45) is 10.9. The molecule has 2 aliphatic rings. The summed E-state index contributed by atoms with van der Waals surface area (Å²) >= 11 is 0. The van der Waals surface area contributed by atoms with Gasteiger partial charge in [-0.3, -0.25) is 0 Å². The van der Waals surface area contributed by atoms with Crippen LogP contribution in [0.2, 0.25) is 10.5 Å². The first-order valence-corrected chi connectivity index (χ1v) is 31.6. The first kappa shape index (κ1) is 42.2. The van der Waals surface area contributed by atoms with Gasteiger partial charge in [-0.05, 0) is 0 Å². The van der Waals surface area contributed by atoms with Crippen LogP contribution in [0.3, 0.4) is 0 Å². The van der Waals surface area contributed by atoms with Crippen LogP contribution in [0.15, 0.2) is 94.9 Å². The van der Waals surface area contributed by atoms with E-state index in [0.29, 0.717) is 22.3 Å². The second-order valence-electron chi connectivity index (χ2n) is 16.3. The Morgan fingerprint density at radius 2 is 0.964 bits per heavy atom. The summed E-state index contributed by atoms with van der Waals surface area (Å²) < 4.78 is 0. The standard InChI is InChI=1S/C48H68GeN4S2/c1-7-9-11-17-29-49(30-18-12-10-8-2,54-37(3)35-52-33-31-50-47(52)39(5)43-27-19-23-41-21-13-15-25-45(41)43)55-38(4)36-53-34-32-51-48(53)40(6)44-28-20-24-42-22-14-16-26-46(42)44/h13-16,19-28,37-40H,7-12,17-18,29-36H2,1-6H3. The van der Waals surface area contributed by atoms with E-state index in [4.69, 9.17) is 9.98 Å². The van der Waals surface area contributed by atoms with Gasteiger partial charge in [0, 0.05) is 0 Å². The van der Waals surface area contributed by atoms with E-state index in [1.165, 1.54) is 106 Å². The number of amidine groups is 2. The number of nitrogens with zero attached hydrogens (tertiary/aromatic N) is 4. The van der Waals surface area contributed by atoms with Crippen molar-refractivity contribution in [3.05, 3.63) is 96.1 Å². The molecule has 2 heterocycles. The predicted octanol–water partition coefficient (Wildman–Crippen LogP) is 13.2. The van der Waals surface area contributed by atoms with Gasteiger partial charge in [0.1, 0.15) is 0 Å². The van der Waals surface area contributed by atoms with Crippen LogP contribution in [-0.4, -0.2) is 82.2 Å². The summed E-state index contributed by atoms with van der Waals surface area (Å²) in [5.74, 6) is 3.19. The summed E-state index contributed by atoms with van der Waals surface area (Å²) in [4.78, 5) is 15.7. The number of benzene rings is 4. The van der Waals surface area contributed by atoms with Crippen molar-refractivity contribution in [2.75, 3.05) is 39.3 Å². The van der Waals surface area contributed by atoms with Crippen LogP contribution in [0.25, 0.3) is 21.5 Å². The Morgan fingerprint density at radius 3 is 1.40 bits per heavy atom. The van der Waals surface area contributed by atoms with Crippen molar-refractivity contribution in [3.8, 4) is 0 Å². The maximum absolute atomic E-state index is 5.18. The van der Waals surface area contributed by atoms with Crippen molar-refractivity contribution in [3.63, 3.8) is 0 Å². The quantitative estimate of drug-likeness (QED) is 0.0583. The molecule has 0 aliphatic carbocycles. The molecule has 0 radical (unpaired) electrons.